The highest BCUT2D eigenvalue weighted by atomic mass is 19.2. The zero-order valence-electron chi connectivity index (χ0n) is 11.8. The molecule has 0 N–H and O–H groups in total. The molecule has 22 heavy (non-hydrogen) atoms. The minimum atomic E-state index is -1.85. The molecule has 1 aromatic rings. The molecule has 0 aliphatic carbocycles. The van der Waals surface area contributed by atoms with Crippen molar-refractivity contribution in [3.63, 3.8) is 0 Å². The largest absolute Gasteiger partial charge is 0.459 e. The molecule has 0 bridgehead atoms. The number of carbonyl (C=O) groups excluding carboxylic acids is 2. The lowest BCUT2D eigenvalue weighted by atomic mass is 10.1. The Morgan fingerprint density at radius 3 is 1.86 bits per heavy atom. The first kappa shape index (κ1) is 17.7. The summed E-state index contributed by atoms with van der Waals surface area (Å²) in [6, 6.07) is 0. The second kappa shape index (κ2) is 7.06. The van der Waals surface area contributed by atoms with Gasteiger partial charge in [-0.25, -0.2) is 27.2 Å². The van der Waals surface area contributed by atoms with E-state index in [4.69, 9.17) is 0 Å². The summed E-state index contributed by atoms with van der Waals surface area (Å²) in [6.07, 6.45) is 0. The Balaban J connectivity index is 2.79. The van der Waals surface area contributed by atoms with E-state index in [0.29, 0.717) is 0 Å². The summed E-state index contributed by atoms with van der Waals surface area (Å²) >= 11 is 0. The first-order valence-electron chi connectivity index (χ1n) is 6.00. The van der Waals surface area contributed by atoms with Crippen molar-refractivity contribution in [2.24, 2.45) is 0 Å². The van der Waals surface area contributed by atoms with Gasteiger partial charge in [-0.3, -0.25) is 0 Å². The number of carbonyl (C=O) groups is 2. The fourth-order valence-electron chi connectivity index (χ4n) is 1.38. The summed E-state index contributed by atoms with van der Waals surface area (Å²) < 4.78 is 62.6. The fourth-order valence-corrected chi connectivity index (χ4v) is 1.38. The first-order valence-corrected chi connectivity index (χ1v) is 6.00. The molecule has 0 saturated carbocycles. The molecule has 0 amide bonds. The van der Waals surface area contributed by atoms with Crippen LogP contribution < -0.4 is 0 Å². The molecule has 0 aliphatic rings. The van der Waals surface area contributed by atoms with E-state index in [2.05, 4.69) is 16.1 Å². The predicted molar refractivity (Wildman–Crippen MR) is 67.1 cm³/mol. The van der Waals surface area contributed by atoms with E-state index < -0.39 is 59.5 Å². The van der Waals surface area contributed by atoms with Crippen LogP contribution in [0.5, 0.6) is 0 Å². The Labute approximate surface area is 123 Å². The van der Waals surface area contributed by atoms with E-state index in [1.807, 2.05) is 0 Å². The zero-order chi connectivity index (χ0) is 17.0. The van der Waals surface area contributed by atoms with Crippen LogP contribution in [0.3, 0.4) is 0 Å². The summed E-state index contributed by atoms with van der Waals surface area (Å²) in [5.74, 6) is -9.42. The maximum atomic E-state index is 13.5. The molecule has 0 fully saturated rings. The van der Waals surface area contributed by atoms with Crippen molar-refractivity contribution in [1.82, 2.24) is 0 Å². The Morgan fingerprint density at radius 2 is 1.41 bits per heavy atom. The Hall–Kier alpha value is -2.38. The second-order valence-corrected chi connectivity index (χ2v) is 4.31. The first-order chi connectivity index (χ1) is 10.2. The topological polar surface area (TPSA) is 52.6 Å². The van der Waals surface area contributed by atoms with Gasteiger partial charge in [-0.15, -0.1) is 0 Å². The normalized spacial score (nSPS) is 10.3. The standard InChI is InChI=1S/C14H12F4O4/c1-6(2)13(19)21-4-5-22-14(20)8-11(17)9(15)7(3)10(16)12(8)18/h1,4-5H2,2-3H3. The lowest BCUT2D eigenvalue weighted by Crippen LogP contribution is -2.18. The third-order valence-corrected chi connectivity index (χ3v) is 2.59. The second-order valence-electron chi connectivity index (χ2n) is 4.31. The summed E-state index contributed by atoms with van der Waals surface area (Å²) in [5.41, 5.74) is -2.26. The van der Waals surface area contributed by atoms with E-state index in [9.17, 15) is 27.2 Å². The van der Waals surface area contributed by atoms with Gasteiger partial charge in [0, 0.05) is 11.1 Å². The molecular weight excluding hydrogens is 308 g/mol. The highest BCUT2D eigenvalue weighted by Crippen LogP contribution is 2.24. The van der Waals surface area contributed by atoms with Crippen LogP contribution in [0, 0.1) is 30.2 Å². The molecule has 120 valence electrons. The minimum absolute atomic E-state index is 0.103. The third-order valence-electron chi connectivity index (χ3n) is 2.59. The zero-order valence-corrected chi connectivity index (χ0v) is 11.8. The van der Waals surface area contributed by atoms with Crippen LogP contribution in [0.4, 0.5) is 17.6 Å². The Morgan fingerprint density at radius 1 is 0.955 bits per heavy atom. The summed E-state index contributed by atoms with van der Waals surface area (Å²) in [6.45, 7) is 4.56. The molecule has 0 aliphatic heterocycles. The van der Waals surface area contributed by atoms with Gasteiger partial charge < -0.3 is 9.47 Å². The van der Waals surface area contributed by atoms with Crippen molar-refractivity contribution in [3.05, 3.63) is 46.5 Å². The number of ether oxygens (including phenoxy) is 2. The average molecular weight is 320 g/mol. The predicted octanol–water partition coefficient (Wildman–Crippen LogP) is 2.83. The molecule has 0 saturated heterocycles. The van der Waals surface area contributed by atoms with E-state index in [0.717, 1.165) is 6.92 Å². The average Bonchev–Trinajstić information content (AvgIpc) is 2.47. The van der Waals surface area contributed by atoms with Crippen LogP contribution in [0.25, 0.3) is 0 Å². The number of hydrogen-bond acceptors (Lipinski definition) is 4. The number of hydrogen-bond donors (Lipinski definition) is 0. The van der Waals surface area contributed by atoms with Crippen LogP contribution in [0.2, 0.25) is 0 Å². The molecule has 0 radical (unpaired) electrons. The van der Waals surface area contributed by atoms with Crippen molar-refractivity contribution < 1.29 is 36.6 Å². The highest BCUT2D eigenvalue weighted by Gasteiger charge is 2.28. The number of benzene rings is 1. The van der Waals surface area contributed by atoms with Gasteiger partial charge in [-0.1, -0.05) is 6.58 Å². The molecule has 0 heterocycles. The number of esters is 2. The van der Waals surface area contributed by atoms with Crippen LogP contribution >= 0.6 is 0 Å². The van der Waals surface area contributed by atoms with Gasteiger partial charge in [0.05, 0.1) is 0 Å². The van der Waals surface area contributed by atoms with Gasteiger partial charge in [0.2, 0.25) is 0 Å². The Bertz CT molecular complexity index is 611. The van der Waals surface area contributed by atoms with Crippen molar-refractivity contribution in [3.8, 4) is 0 Å². The molecule has 0 unspecified atom stereocenters. The molecule has 8 heteroatoms. The van der Waals surface area contributed by atoms with Crippen molar-refractivity contribution >= 4 is 11.9 Å². The smallest absolute Gasteiger partial charge is 0.344 e. The van der Waals surface area contributed by atoms with Crippen molar-refractivity contribution in [2.45, 2.75) is 13.8 Å². The molecule has 0 atom stereocenters. The fraction of sp³-hybridized carbons (Fsp3) is 0.286. The van der Waals surface area contributed by atoms with Crippen molar-refractivity contribution in [2.75, 3.05) is 13.2 Å². The lowest BCUT2D eigenvalue weighted by molar-refractivity contribution is -0.140. The molecule has 1 rings (SSSR count). The monoisotopic (exact) mass is 320 g/mol. The number of halogens is 4. The van der Waals surface area contributed by atoms with Gasteiger partial charge in [-0.2, -0.15) is 0 Å². The van der Waals surface area contributed by atoms with Gasteiger partial charge in [0.15, 0.2) is 23.3 Å². The highest BCUT2D eigenvalue weighted by molar-refractivity contribution is 5.90. The summed E-state index contributed by atoms with van der Waals surface area (Å²) in [4.78, 5) is 22.5. The minimum Gasteiger partial charge on any atom is -0.459 e. The maximum absolute atomic E-state index is 13.5. The quantitative estimate of drug-likeness (QED) is 0.275. The van der Waals surface area contributed by atoms with Crippen LogP contribution in [0.15, 0.2) is 12.2 Å². The van der Waals surface area contributed by atoms with Crippen LogP contribution in [-0.2, 0) is 14.3 Å². The summed E-state index contributed by atoms with van der Waals surface area (Å²) in [5, 5.41) is 0. The summed E-state index contributed by atoms with van der Waals surface area (Å²) in [7, 11) is 0. The molecule has 4 nitrogen and oxygen atoms in total. The number of rotatable bonds is 5. The van der Waals surface area contributed by atoms with E-state index in [1.165, 1.54) is 6.92 Å². The molecule has 0 aromatic heterocycles. The van der Waals surface area contributed by atoms with Gasteiger partial charge in [0.1, 0.15) is 18.8 Å². The van der Waals surface area contributed by atoms with E-state index in [1.54, 1.807) is 0 Å². The third kappa shape index (κ3) is 3.63. The molecular formula is C14H12F4O4. The maximum Gasteiger partial charge on any atom is 0.344 e. The molecule has 1 aromatic carbocycles. The lowest BCUT2D eigenvalue weighted by Gasteiger charge is -2.10. The van der Waals surface area contributed by atoms with Gasteiger partial charge in [-0.05, 0) is 13.8 Å². The molecule has 0 spiro atoms. The SMILES string of the molecule is C=C(C)C(=O)OCCOC(=O)c1c(F)c(F)c(C)c(F)c1F. The Kier molecular flexibility index (Phi) is 5.67. The van der Waals surface area contributed by atoms with E-state index in [-0.39, 0.29) is 5.57 Å². The van der Waals surface area contributed by atoms with Crippen LogP contribution in [0.1, 0.15) is 22.8 Å². The van der Waals surface area contributed by atoms with E-state index >= 15 is 0 Å². The van der Waals surface area contributed by atoms with Gasteiger partial charge in [0.25, 0.3) is 0 Å². The van der Waals surface area contributed by atoms with Crippen LogP contribution in [-0.4, -0.2) is 25.2 Å². The van der Waals surface area contributed by atoms with Crippen molar-refractivity contribution in [1.29, 1.82) is 0 Å². The van der Waals surface area contributed by atoms with Gasteiger partial charge >= 0.3 is 11.9 Å².